The highest BCUT2D eigenvalue weighted by Gasteiger charge is 2.35. The molecule has 2 saturated heterocycles. The first-order valence-corrected chi connectivity index (χ1v) is 11.3. The molecule has 0 aliphatic carbocycles. The van der Waals surface area contributed by atoms with E-state index in [1.165, 1.54) is 0 Å². The number of morpholine rings is 1. The fourth-order valence-electron chi connectivity index (χ4n) is 4.67. The molecule has 1 aromatic carbocycles. The molecule has 8 nitrogen and oxygen atoms in total. The standard InChI is InChI=1S/C25H24N6O2/c32-25-20(18-4-2-1-3-5-18)8-11-30(25)22-17-24(29-12-14-33-15-13-29)31-23(27-22)16-21(28-31)19-6-9-26-10-7-19/h1-7,9-10,16-17,20H,8,11-15H2. The Labute approximate surface area is 191 Å². The lowest BCUT2D eigenvalue weighted by Crippen LogP contribution is -2.38. The van der Waals surface area contributed by atoms with E-state index >= 15 is 0 Å². The predicted octanol–water partition coefficient (Wildman–Crippen LogP) is 3.15. The van der Waals surface area contributed by atoms with Crippen molar-refractivity contribution >= 4 is 23.2 Å². The number of aromatic nitrogens is 4. The molecule has 1 amide bonds. The van der Waals surface area contributed by atoms with Gasteiger partial charge >= 0.3 is 0 Å². The van der Waals surface area contributed by atoms with Crippen LogP contribution in [0.1, 0.15) is 17.9 Å². The van der Waals surface area contributed by atoms with E-state index in [-0.39, 0.29) is 11.8 Å². The van der Waals surface area contributed by atoms with Crippen LogP contribution in [0.4, 0.5) is 11.6 Å². The van der Waals surface area contributed by atoms with E-state index in [2.05, 4.69) is 9.88 Å². The van der Waals surface area contributed by atoms with Gasteiger partial charge in [0.05, 0.1) is 24.8 Å². The van der Waals surface area contributed by atoms with Gasteiger partial charge in [-0.05, 0) is 24.1 Å². The van der Waals surface area contributed by atoms with Crippen LogP contribution in [0.15, 0.2) is 67.0 Å². The summed E-state index contributed by atoms with van der Waals surface area (Å²) in [7, 11) is 0. The second-order valence-corrected chi connectivity index (χ2v) is 8.35. The molecule has 2 aliphatic rings. The van der Waals surface area contributed by atoms with Crippen molar-refractivity contribution in [2.24, 2.45) is 0 Å². The predicted molar refractivity (Wildman–Crippen MR) is 125 cm³/mol. The summed E-state index contributed by atoms with van der Waals surface area (Å²) in [4.78, 5) is 26.4. The quantitative estimate of drug-likeness (QED) is 0.485. The van der Waals surface area contributed by atoms with Crippen LogP contribution in [-0.4, -0.2) is 58.3 Å². The monoisotopic (exact) mass is 440 g/mol. The van der Waals surface area contributed by atoms with Crippen molar-refractivity contribution in [2.75, 3.05) is 42.6 Å². The summed E-state index contributed by atoms with van der Waals surface area (Å²) in [5.41, 5.74) is 3.58. The van der Waals surface area contributed by atoms with Gasteiger partial charge in [0.1, 0.15) is 11.6 Å². The highest BCUT2D eigenvalue weighted by atomic mass is 16.5. The maximum absolute atomic E-state index is 13.4. The van der Waals surface area contributed by atoms with Gasteiger partial charge in [0, 0.05) is 49.7 Å². The van der Waals surface area contributed by atoms with E-state index in [9.17, 15) is 4.79 Å². The number of fused-ring (bicyclic) bond motifs is 1. The largest absolute Gasteiger partial charge is 0.378 e. The van der Waals surface area contributed by atoms with Gasteiger partial charge in [0.2, 0.25) is 5.91 Å². The van der Waals surface area contributed by atoms with E-state index < -0.39 is 0 Å². The number of anilines is 2. The highest BCUT2D eigenvalue weighted by molar-refractivity contribution is 6.00. The Hall–Kier alpha value is -3.78. The van der Waals surface area contributed by atoms with Crippen molar-refractivity contribution < 1.29 is 9.53 Å². The Balaban J connectivity index is 1.42. The molecular weight excluding hydrogens is 416 g/mol. The van der Waals surface area contributed by atoms with Crippen LogP contribution in [0, 0.1) is 0 Å². The van der Waals surface area contributed by atoms with E-state index in [0.717, 1.165) is 47.8 Å². The molecule has 8 heteroatoms. The van der Waals surface area contributed by atoms with Crippen LogP contribution >= 0.6 is 0 Å². The van der Waals surface area contributed by atoms with Crippen molar-refractivity contribution in [1.29, 1.82) is 0 Å². The first-order chi connectivity index (χ1) is 16.3. The Morgan fingerprint density at radius 2 is 1.73 bits per heavy atom. The molecule has 4 aromatic rings. The third kappa shape index (κ3) is 3.62. The van der Waals surface area contributed by atoms with Crippen LogP contribution in [0.5, 0.6) is 0 Å². The SMILES string of the molecule is O=C1C(c2ccccc2)CCN1c1cc(N2CCOCC2)n2nc(-c3ccncc3)cc2n1. The number of carbonyl (C=O) groups is 1. The van der Waals surface area contributed by atoms with Gasteiger partial charge < -0.3 is 9.64 Å². The molecule has 33 heavy (non-hydrogen) atoms. The smallest absolute Gasteiger partial charge is 0.235 e. The van der Waals surface area contributed by atoms with Crippen LogP contribution in [0.2, 0.25) is 0 Å². The topological polar surface area (TPSA) is 75.9 Å². The summed E-state index contributed by atoms with van der Waals surface area (Å²) >= 11 is 0. The lowest BCUT2D eigenvalue weighted by atomic mass is 9.98. The van der Waals surface area contributed by atoms with Crippen molar-refractivity contribution in [2.45, 2.75) is 12.3 Å². The first-order valence-electron chi connectivity index (χ1n) is 11.3. The minimum Gasteiger partial charge on any atom is -0.378 e. The molecule has 0 spiro atoms. The van der Waals surface area contributed by atoms with Crippen LogP contribution in [0.3, 0.4) is 0 Å². The second-order valence-electron chi connectivity index (χ2n) is 8.35. The van der Waals surface area contributed by atoms with Gasteiger partial charge in [-0.2, -0.15) is 9.61 Å². The van der Waals surface area contributed by atoms with Crippen molar-refractivity contribution in [3.05, 3.63) is 72.6 Å². The summed E-state index contributed by atoms with van der Waals surface area (Å²) in [6, 6.07) is 17.8. The molecule has 1 unspecified atom stereocenters. The molecule has 2 fully saturated rings. The molecule has 166 valence electrons. The zero-order valence-corrected chi connectivity index (χ0v) is 18.2. The molecule has 0 N–H and O–H groups in total. The Bertz CT molecular complexity index is 1280. The fourth-order valence-corrected chi connectivity index (χ4v) is 4.67. The number of rotatable bonds is 4. The average Bonchev–Trinajstić information content (AvgIpc) is 3.48. The zero-order valence-electron chi connectivity index (χ0n) is 18.2. The number of nitrogens with zero attached hydrogens (tertiary/aromatic N) is 6. The molecule has 3 aromatic heterocycles. The number of benzene rings is 1. The molecule has 0 saturated carbocycles. The van der Waals surface area contributed by atoms with Crippen molar-refractivity contribution in [3.8, 4) is 11.3 Å². The van der Waals surface area contributed by atoms with Gasteiger partial charge in [-0.1, -0.05) is 30.3 Å². The van der Waals surface area contributed by atoms with E-state index in [0.29, 0.717) is 25.6 Å². The van der Waals surface area contributed by atoms with Gasteiger partial charge in [0.25, 0.3) is 0 Å². The third-order valence-electron chi connectivity index (χ3n) is 6.39. The van der Waals surface area contributed by atoms with E-state index in [4.69, 9.17) is 14.8 Å². The molecule has 2 aliphatic heterocycles. The lowest BCUT2D eigenvalue weighted by molar-refractivity contribution is -0.118. The lowest BCUT2D eigenvalue weighted by Gasteiger charge is -2.29. The second kappa shape index (κ2) is 8.29. The summed E-state index contributed by atoms with van der Waals surface area (Å²) in [6.45, 7) is 3.51. The Morgan fingerprint density at radius 1 is 0.939 bits per heavy atom. The van der Waals surface area contributed by atoms with Crippen LogP contribution in [0.25, 0.3) is 16.9 Å². The average molecular weight is 441 g/mol. The minimum absolute atomic E-state index is 0.0971. The fraction of sp³-hybridized carbons (Fsp3) is 0.280. The van der Waals surface area contributed by atoms with Crippen molar-refractivity contribution in [3.63, 3.8) is 0 Å². The van der Waals surface area contributed by atoms with Gasteiger partial charge in [0.15, 0.2) is 5.65 Å². The first kappa shape index (κ1) is 19.9. The maximum atomic E-state index is 13.4. The van der Waals surface area contributed by atoms with Gasteiger partial charge in [-0.25, -0.2) is 4.98 Å². The molecular formula is C25H24N6O2. The zero-order chi connectivity index (χ0) is 22.2. The van der Waals surface area contributed by atoms with E-state index in [1.807, 2.05) is 64.0 Å². The summed E-state index contributed by atoms with van der Waals surface area (Å²) in [5.74, 6) is 1.57. The van der Waals surface area contributed by atoms with Crippen LogP contribution < -0.4 is 9.80 Å². The minimum atomic E-state index is -0.131. The normalized spacial score (nSPS) is 18.9. The maximum Gasteiger partial charge on any atom is 0.235 e. The Morgan fingerprint density at radius 3 is 2.52 bits per heavy atom. The van der Waals surface area contributed by atoms with E-state index in [1.54, 1.807) is 12.4 Å². The van der Waals surface area contributed by atoms with Gasteiger partial charge in [-0.3, -0.25) is 14.7 Å². The number of hydrogen-bond donors (Lipinski definition) is 0. The summed E-state index contributed by atoms with van der Waals surface area (Å²) in [5, 5.41) is 4.85. The third-order valence-corrected chi connectivity index (χ3v) is 6.39. The molecule has 6 rings (SSSR count). The van der Waals surface area contributed by atoms with Crippen LogP contribution in [-0.2, 0) is 9.53 Å². The highest BCUT2D eigenvalue weighted by Crippen LogP contribution is 2.34. The molecule has 5 heterocycles. The molecule has 0 radical (unpaired) electrons. The summed E-state index contributed by atoms with van der Waals surface area (Å²) < 4.78 is 7.43. The number of hydrogen-bond acceptors (Lipinski definition) is 6. The van der Waals surface area contributed by atoms with Gasteiger partial charge in [-0.15, -0.1) is 0 Å². The number of carbonyl (C=O) groups excluding carboxylic acids is 1. The Kier molecular flexibility index (Phi) is 4.99. The molecule has 0 bridgehead atoms. The van der Waals surface area contributed by atoms with Crippen molar-refractivity contribution in [1.82, 2.24) is 19.6 Å². The summed E-state index contributed by atoms with van der Waals surface area (Å²) in [6.07, 6.45) is 4.30. The number of pyridine rings is 1. The molecule has 1 atom stereocenters. The number of amides is 1. The number of ether oxygens (including phenoxy) is 1.